The smallest absolute Gasteiger partial charge is 0.0536 e. The first-order valence-electron chi connectivity index (χ1n) is 9.16. The van der Waals surface area contributed by atoms with Crippen molar-refractivity contribution >= 4 is 107 Å². The van der Waals surface area contributed by atoms with Crippen molar-refractivity contribution in [1.29, 1.82) is 0 Å². The van der Waals surface area contributed by atoms with E-state index in [0.29, 0.717) is 0 Å². The summed E-state index contributed by atoms with van der Waals surface area (Å²) in [5.41, 5.74) is 0. The molecular formula is C23H12S6. The Bertz CT molecular complexity index is 1660. The van der Waals surface area contributed by atoms with E-state index in [1.807, 2.05) is 68.0 Å². The summed E-state index contributed by atoms with van der Waals surface area (Å²) >= 11 is 11.5. The van der Waals surface area contributed by atoms with Gasteiger partial charge in [0.2, 0.25) is 0 Å². The molecule has 6 heteroatoms. The average Bonchev–Trinajstić information content (AvgIpc) is 3.49. The van der Waals surface area contributed by atoms with Gasteiger partial charge in [-0.15, -0.1) is 68.0 Å². The minimum atomic E-state index is 1.38. The summed E-state index contributed by atoms with van der Waals surface area (Å²) in [6.07, 6.45) is 0. The maximum atomic E-state index is 2.44. The molecule has 7 aromatic rings. The second-order valence-corrected chi connectivity index (χ2v) is 13.6. The Morgan fingerprint density at radius 1 is 0.552 bits per heavy atom. The molecule has 7 rings (SSSR count). The summed E-state index contributed by atoms with van der Waals surface area (Å²) in [6, 6.07) is 18.5. The highest BCUT2D eigenvalue weighted by Crippen LogP contribution is 2.49. The average molecular weight is 481 g/mol. The van der Waals surface area contributed by atoms with Crippen LogP contribution in [-0.2, 0) is 0 Å². The summed E-state index contributed by atoms with van der Waals surface area (Å²) < 4.78 is 8.57. The van der Waals surface area contributed by atoms with Gasteiger partial charge >= 0.3 is 0 Å². The molecule has 6 heterocycles. The summed E-state index contributed by atoms with van der Waals surface area (Å²) in [5.74, 6) is 0. The maximum absolute atomic E-state index is 2.44. The summed E-state index contributed by atoms with van der Waals surface area (Å²) in [7, 11) is 0. The van der Waals surface area contributed by atoms with E-state index in [4.69, 9.17) is 0 Å². The van der Waals surface area contributed by atoms with Crippen LogP contribution in [0.5, 0.6) is 0 Å². The van der Waals surface area contributed by atoms with E-state index in [1.165, 1.54) is 63.4 Å². The maximum Gasteiger partial charge on any atom is 0.0536 e. The van der Waals surface area contributed by atoms with Gasteiger partial charge in [0.05, 0.1) is 9.40 Å². The Morgan fingerprint density at radius 3 is 1.76 bits per heavy atom. The van der Waals surface area contributed by atoms with Crippen LogP contribution in [0.25, 0.3) is 58.5 Å². The Hall–Kier alpha value is -1.54. The molecule has 0 nitrogen and oxygen atoms in total. The Kier molecular flexibility index (Phi) is 3.69. The predicted molar refractivity (Wildman–Crippen MR) is 139 cm³/mol. The van der Waals surface area contributed by atoms with Crippen LogP contribution < -0.4 is 0 Å². The molecule has 0 amide bonds. The van der Waals surface area contributed by atoms with E-state index in [-0.39, 0.29) is 0 Å². The second kappa shape index (κ2) is 6.23. The van der Waals surface area contributed by atoms with Gasteiger partial charge in [0.25, 0.3) is 0 Å². The summed E-state index contributed by atoms with van der Waals surface area (Å²) in [4.78, 5) is 6.94. The standard InChI is InChI=1S/C23H12S6/c1-11-4-5-15(25-11)19-10-21-23(29-19)13-8-16-12(7-17(13)27-21)22-20(26-16)9-18(28-22)14-3-2-6-24-14/h2-10H,1H3. The lowest BCUT2D eigenvalue weighted by Gasteiger charge is -1.94. The topological polar surface area (TPSA) is 0 Å². The zero-order valence-corrected chi connectivity index (χ0v) is 20.0. The van der Waals surface area contributed by atoms with Crippen LogP contribution in [-0.4, -0.2) is 0 Å². The van der Waals surface area contributed by atoms with Crippen molar-refractivity contribution in [2.24, 2.45) is 0 Å². The third-order valence-corrected chi connectivity index (χ3v) is 12.2. The number of hydrogen-bond acceptors (Lipinski definition) is 6. The fourth-order valence-electron chi connectivity index (χ4n) is 3.82. The molecule has 140 valence electrons. The van der Waals surface area contributed by atoms with Crippen molar-refractivity contribution in [2.45, 2.75) is 6.92 Å². The zero-order valence-electron chi connectivity index (χ0n) is 15.1. The Balaban J connectivity index is 1.44. The molecule has 0 aliphatic carbocycles. The molecule has 0 bridgehead atoms. The van der Waals surface area contributed by atoms with Crippen LogP contribution in [0, 0.1) is 6.92 Å². The van der Waals surface area contributed by atoms with Gasteiger partial charge in [-0.25, -0.2) is 0 Å². The molecule has 0 radical (unpaired) electrons. The molecule has 1 aromatic carbocycles. The monoisotopic (exact) mass is 480 g/mol. The quantitative estimate of drug-likeness (QED) is 0.231. The number of benzene rings is 1. The zero-order chi connectivity index (χ0) is 19.1. The van der Waals surface area contributed by atoms with Crippen molar-refractivity contribution in [3.8, 4) is 19.5 Å². The lowest BCUT2D eigenvalue weighted by molar-refractivity contribution is 1.64. The Morgan fingerprint density at radius 2 is 1.21 bits per heavy atom. The molecule has 0 N–H and O–H groups in total. The van der Waals surface area contributed by atoms with E-state index in [9.17, 15) is 0 Å². The number of fused-ring (bicyclic) bond motifs is 6. The highest BCUT2D eigenvalue weighted by molar-refractivity contribution is 7.36. The molecular weight excluding hydrogens is 469 g/mol. The molecule has 0 fully saturated rings. The lowest BCUT2D eigenvalue weighted by Crippen LogP contribution is -1.64. The van der Waals surface area contributed by atoms with Crippen LogP contribution >= 0.6 is 68.0 Å². The molecule has 0 atom stereocenters. The van der Waals surface area contributed by atoms with Gasteiger partial charge < -0.3 is 0 Å². The summed E-state index contributed by atoms with van der Waals surface area (Å²) in [6.45, 7) is 2.18. The molecule has 0 aliphatic heterocycles. The van der Waals surface area contributed by atoms with E-state index in [0.717, 1.165) is 0 Å². The number of aryl methyl sites for hydroxylation is 1. The highest BCUT2D eigenvalue weighted by atomic mass is 32.1. The SMILES string of the molecule is Cc1ccc(-c2cc3sc4cc5c(cc4c3s2)sc2cc(-c3cccs3)sc25)s1. The van der Waals surface area contributed by atoms with Crippen LogP contribution in [0.3, 0.4) is 0 Å². The van der Waals surface area contributed by atoms with Gasteiger partial charge in [-0.1, -0.05) is 6.07 Å². The van der Waals surface area contributed by atoms with E-state index < -0.39 is 0 Å². The fraction of sp³-hybridized carbons (Fsp3) is 0.0435. The molecule has 0 spiro atoms. The molecule has 0 unspecified atom stereocenters. The first-order valence-corrected chi connectivity index (χ1v) is 14.1. The minimum absolute atomic E-state index is 1.38. The number of rotatable bonds is 2. The normalized spacial score (nSPS) is 12.3. The largest absolute Gasteiger partial charge is 0.143 e. The van der Waals surface area contributed by atoms with Gasteiger partial charge in [0.1, 0.15) is 0 Å². The van der Waals surface area contributed by atoms with Crippen LogP contribution in [0.4, 0.5) is 0 Å². The number of thiophene rings is 6. The van der Waals surface area contributed by atoms with Gasteiger partial charge in [-0.3, -0.25) is 0 Å². The third kappa shape index (κ3) is 2.57. The van der Waals surface area contributed by atoms with Crippen LogP contribution in [0.2, 0.25) is 0 Å². The van der Waals surface area contributed by atoms with Crippen molar-refractivity contribution in [3.05, 3.63) is 58.8 Å². The highest BCUT2D eigenvalue weighted by Gasteiger charge is 2.16. The van der Waals surface area contributed by atoms with Crippen molar-refractivity contribution in [1.82, 2.24) is 0 Å². The predicted octanol–water partition coefficient (Wildman–Crippen LogP) is 10.3. The van der Waals surface area contributed by atoms with Crippen molar-refractivity contribution in [2.75, 3.05) is 0 Å². The third-order valence-electron chi connectivity index (χ3n) is 5.15. The van der Waals surface area contributed by atoms with Gasteiger partial charge in [0, 0.05) is 54.0 Å². The fourth-order valence-corrected chi connectivity index (χ4v) is 10.7. The molecule has 0 aliphatic rings. The van der Waals surface area contributed by atoms with Crippen LogP contribution in [0.15, 0.2) is 53.9 Å². The van der Waals surface area contributed by atoms with E-state index >= 15 is 0 Å². The van der Waals surface area contributed by atoms with Gasteiger partial charge in [-0.05, 0) is 54.8 Å². The first-order chi connectivity index (χ1) is 14.2. The first kappa shape index (κ1) is 17.2. The van der Waals surface area contributed by atoms with Gasteiger partial charge in [0.15, 0.2) is 0 Å². The molecule has 29 heavy (non-hydrogen) atoms. The van der Waals surface area contributed by atoms with E-state index in [2.05, 4.69) is 60.8 Å². The minimum Gasteiger partial charge on any atom is -0.143 e. The molecule has 0 saturated heterocycles. The number of hydrogen-bond donors (Lipinski definition) is 0. The van der Waals surface area contributed by atoms with Crippen molar-refractivity contribution in [3.63, 3.8) is 0 Å². The summed E-state index contributed by atoms with van der Waals surface area (Å²) in [5, 5.41) is 5.01. The lowest BCUT2D eigenvalue weighted by atomic mass is 10.2. The molecule has 6 aromatic heterocycles. The second-order valence-electron chi connectivity index (χ2n) is 7.04. The molecule has 0 saturated carbocycles. The van der Waals surface area contributed by atoms with Crippen LogP contribution in [0.1, 0.15) is 4.88 Å². The van der Waals surface area contributed by atoms with Crippen molar-refractivity contribution < 1.29 is 0 Å². The Labute approximate surface area is 190 Å². The van der Waals surface area contributed by atoms with E-state index in [1.54, 1.807) is 0 Å². The van der Waals surface area contributed by atoms with Gasteiger partial charge in [-0.2, -0.15) is 0 Å².